The maximum atomic E-state index is 13.8. The molecule has 0 atom stereocenters. The molecule has 2 aliphatic rings. The van der Waals surface area contributed by atoms with E-state index in [1.807, 2.05) is 67.8 Å². The van der Waals surface area contributed by atoms with E-state index in [0.717, 1.165) is 42.4 Å². The second kappa shape index (κ2) is 12.8. The number of hydrogen-bond acceptors (Lipinski definition) is 9. The van der Waals surface area contributed by atoms with Crippen LogP contribution in [0, 0.1) is 11.3 Å². The van der Waals surface area contributed by atoms with E-state index in [0.29, 0.717) is 43.4 Å². The summed E-state index contributed by atoms with van der Waals surface area (Å²) in [6.45, 7) is 2.84. The summed E-state index contributed by atoms with van der Waals surface area (Å²) in [5, 5.41) is 17.2. The third-order valence-corrected chi connectivity index (χ3v) is 8.20. The molecule has 6 rings (SSSR count). The van der Waals surface area contributed by atoms with Gasteiger partial charge in [0.25, 0.3) is 0 Å². The average molecular weight is 593 g/mol. The van der Waals surface area contributed by atoms with Gasteiger partial charge < -0.3 is 14.8 Å². The zero-order valence-electron chi connectivity index (χ0n) is 25.0. The number of carbonyl (C=O) groups excluding carboxylic acids is 1. The van der Waals surface area contributed by atoms with Gasteiger partial charge in [-0.2, -0.15) is 15.3 Å². The lowest BCUT2D eigenvalue weighted by Gasteiger charge is -2.38. The third-order valence-electron chi connectivity index (χ3n) is 8.20. The van der Waals surface area contributed by atoms with Gasteiger partial charge in [-0.3, -0.25) is 14.4 Å². The predicted octanol–water partition coefficient (Wildman–Crippen LogP) is 4.70. The van der Waals surface area contributed by atoms with Crippen molar-refractivity contribution in [1.82, 2.24) is 24.7 Å². The van der Waals surface area contributed by atoms with Crippen LogP contribution in [0.1, 0.15) is 50.2 Å². The number of benzene rings is 1. The Kier molecular flexibility index (Phi) is 8.52. The highest BCUT2D eigenvalue weighted by Crippen LogP contribution is 2.31. The van der Waals surface area contributed by atoms with Crippen molar-refractivity contribution in [3.8, 4) is 23.1 Å². The van der Waals surface area contributed by atoms with Crippen molar-refractivity contribution < 1.29 is 14.3 Å². The van der Waals surface area contributed by atoms with Crippen LogP contribution in [-0.4, -0.2) is 61.5 Å². The van der Waals surface area contributed by atoms with Crippen LogP contribution < -0.4 is 15.0 Å². The second-order valence-electron chi connectivity index (χ2n) is 11.8. The van der Waals surface area contributed by atoms with Gasteiger partial charge in [-0.05, 0) is 56.7 Å². The molecule has 1 aliphatic heterocycles. The first-order valence-corrected chi connectivity index (χ1v) is 15.0. The smallest absolute Gasteiger partial charge is 0.237 e. The molecular weight excluding hydrogens is 556 g/mol. The number of carbonyl (C=O) groups is 1. The van der Waals surface area contributed by atoms with Crippen LogP contribution in [0.15, 0.2) is 67.3 Å². The first-order chi connectivity index (χ1) is 21.4. The minimum atomic E-state index is -0.490. The van der Waals surface area contributed by atoms with Gasteiger partial charge in [0.2, 0.25) is 17.7 Å². The summed E-state index contributed by atoms with van der Waals surface area (Å²) in [5.74, 6) is 1.42. The predicted molar refractivity (Wildman–Crippen MR) is 165 cm³/mol. The van der Waals surface area contributed by atoms with Crippen LogP contribution in [-0.2, 0) is 23.0 Å². The molecule has 0 bridgehead atoms. The molecule has 1 aliphatic carbocycles. The number of ether oxygens (including phenoxy) is 2. The number of rotatable bonds is 10. The van der Waals surface area contributed by atoms with Crippen LogP contribution >= 0.6 is 0 Å². The summed E-state index contributed by atoms with van der Waals surface area (Å²) < 4.78 is 13.0. The number of nitrogens with zero attached hydrogens (tertiary/aromatic N) is 7. The van der Waals surface area contributed by atoms with E-state index in [-0.39, 0.29) is 23.9 Å². The van der Waals surface area contributed by atoms with Gasteiger partial charge in [0, 0.05) is 49.1 Å². The highest BCUT2D eigenvalue weighted by atomic mass is 16.6. The molecule has 4 aromatic rings. The van der Waals surface area contributed by atoms with Crippen molar-refractivity contribution in [3.05, 3.63) is 78.4 Å². The van der Waals surface area contributed by atoms with Gasteiger partial charge in [-0.1, -0.05) is 30.3 Å². The molecule has 1 aromatic carbocycles. The molecule has 11 heteroatoms. The molecule has 1 amide bonds. The zero-order chi connectivity index (χ0) is 30.5. The largest absolute Gasteiger partial charge is 0.465 e. The molecule has 1 saturated heterocycles. The van der Waals surface area contributed by atoms with Gasteiger partial charge in [0.1, 0.15) is 17.5 Å². The molecule has 0 spiro atoms. The summed E-state index contributed by atoms with van der Waals surface area (Å²) in [5.41, 5.74) is 2.87. The average Bonchev–Trinajstić information content (AvgIpc) is 3.47. The van der Waals surface area contributed by atoms with Crippen LogP contribution in [0.3, 0.4) is 0 Å². The summed E-state index contributed by atoms with van der Waals surface area (Å²) in [4.78, 5) is 29.3. The first-order valence-electron chi connectivity index (χ1n) is 15.0. The van der Waals surface area contributed by atoms with Gasteiger partial charge >= 0.3 is 0 Å². The molecule has 1 N–H and O–H groups in total. The Morgan fingerprint density at radius 3 is 2.52 bits per heavy atom. The Morgan fingerprint density at radius 2 is 1.89 bits per heavy atom. The van der Waals surface area contributed by atoms with Crippen LogP contribution in [0.4, 0.5) is 11.8 Å². The highest BCUT2D eigenvalue weighted by Gasteiger charge is 2.37. The highest BCUT2D eigenvalue weighted by molar-refractivity contribution is 5.93. The molecule has 44 heavy (non-hydrogen) atoms. The van der Waals surface area contributed by atoms with Crippen molar-refractivity contribution in [1.29, 1.82) is 5.26 Å². The molecular formula is C33H36N8O3. The summed E-state index contributed by atoms with van der Waals surface area (Å²) >= 11 is 0. The second-order valence-corrected chi connectivity index (χ2v) is 11.8. The number of anilines is 2. The van der Waals surface area contributed by atoms with Crippen molar-refractivity contribution >= 4 is 17.7 Å². The Balaban J connectivity index is 1.14. The maximum Gasteiger partial charge on any atom is 0.237 e. The van der Waals surface area contributed by atoms with Crippen LogP contribution in [0.25, 0.3) is 11.1 Å². The fraction of sp³-hybridized carbons (Fsp3) is 0.394. The first kappa shape index (κ1) is 29.3. The topological polar surface area (TPSA) is 131 Å². The number of pyridine rings is 1. The van der Waals surface area contributed by atoms with E-state index in [9.17, 15) is 10.1 Å². The van der Waals surface area contributed by atoms with Crippen LogP contribution in [0.5, 0.6) is 5.88 Å². The number of hydrogen-bond donors (Lipinski definition) is 1. The number of aryl methyl sites for hydroxylation is 2. The molecule has 0 radical (unpaired) electrons. The molecule has 0 unspecified atom stereocenters. The fourth-order valence-corrected chi connectivity index (χ4v) is 5.74. The van der Waals surface area contributed by atoms with E-state index in [1.165, 1.54) is 6.20 Å². The number of amides is 1. The van der Waals surface area contributed by atoms with E-state index < -0.39 is 5.60 Å². The SMILES string of the molecule is Cn1cc(-c2ccc(N(C(=O)CCc3ccccc3)C3CCC(Nc4ncc(C#N)c(OC5(C)COC5)n4)CC3)nc2)cn1. The Bertz CT molecular complexity index is 1620. The minimum Gasteiger partial charge on any atom is -0.465 e. The van der Waals surface area contributed by atoms with Crippen molar-refractivity contribution in [2.45, 2.75) is 63.1 Å². The lowest BCUT2D eigenvalue weighted by Crippen LogP contribution is -2.52. The van der Waals surface area contributed by atoms with Crippen molar-refractivity contribution in [3.63, 3.8) is 0 Å². The van der Waals surface area contributed by atoms with Gasteiger partial charge in [-0.15, -0.1) is 0 Å². The Hall–Kier alpha value is -4.82. The summed E-state index contributed by atoms with van der Waals surface area (Å²) in [6.07, 6.45) is 11.4. The minimum absolute atomic E-state index is 0.0207. The van der Waals surface area contributed by atoms with Gasteiger partial charge in [0.05, 0.1) is 25.6 Å². The van der Waals surface area contributed by atoms with Crippen LogP contribution in [0.2, 0.25) is 0 Å². The lowest BCUT2D eigenvalue weighted by atomic mass is 9.89. The molecule has 3 aromatic heterocycles. The fourth-order valence-electron chi connectivity index (χ4n) is 5.74. The quantitative estimate of drug-likeness (QED) is 0.278. The van der Waals surface area contributed by atoms with E-state index in [2.05, 4.69) is 38.6 Å². The van der Waals surface area contributed by atoms with E-state index >= 15 is 0 Å². The third kappa shape index (κ3) is 6.71. The number of aromatic nitrogens is 5. The zero-order valence-corrected chi connectivity index (χ0v) is 25.0. The maximum absolute atomic E-state index is 13.8. The Labute approximate surface area is 256 Å². The number of nitrogens with one attached hydrogen (secondary N) is 1. The summed E-state index contributed by atoms with van der Waals surface area (Å²) in [7, 11) is 1.88. The Morgan fingerprint density at radius 1 is 1.09 bits per heavy atom. The molecule has 11 nitrogen and oxygen atoms in total. The van der Waals surface area contributed by atoms with Gasteiger partial charge in [-0.25, -0.2) is 9.97 Å². The normalized spacial score (nSPS) is 18.9. The summed E-state index contributed by atoms with van der Waals surface area (Å²) in [6, 6.07) is 16.3. The molecule has 1 saturated carbocycles. The molecule has 226 valence electrons. The van der Waals surface area contributed by atoms with E-state index in [4.69, 9.17) is 14.5 Å². The number of nitriles is 1. The molecule has 4 heterocycles. The van der Waals surface area contributed by atoms with E-state index in [1.54, 1.807) is 4.68 Å². The monoisotopic (exact) mass is 592 g/mol. The van der Waals surface area contributed by atoms with Gasteiger partial charge in [0.15, 0.2) is 5.60 Å². The molecule has 2 fully saturated rings. The van der Waals surface area contributed by atoms with Crippen molar-refractivity contribution in [2.75, 3.05) is 23.4 Å². The standard InChI is InChI=1S/C33H36N8O3/c1-33(21-43-22-33)44-31-25(16-34)18-36-32(39-31)38-27-10-12-28(13-11-27)41(30(42)15-8-23-6-4-3-5-7-23)29-14-9-24(17-35-29)26-19-37-40(2)20-26/h3-7,9,14,17-20,27-28H,8,10-13,15,21-22H2,1-2H3,(H,36,38,39). The lowest BCUT2D eigenvalue weighted by molar-refractivity contribution is -0.151. The van der Waals surface area contributed by atoms with Crippen molar-refractivity contribution in [2.24, 2.45) is 7.05 Å².